The summed E-state index contributed by atoms with van der Waals surface area (Å²) in [5, 5.41) is 3.68. The van der Waals surface area contributed by atoms with E-state index in [9.17, 15) is 0 Å². The van der Waals surface area contributed by atoms with Gasteiger partial charge in [0.2, 0.25) is 0 Å². The minimum atomic E-state index is 0.227. The first-order valence-electron chi connectivity index (χ1n) is 9.00. The van der Waals surface area contributed by atoms with Gasteiger partial charge in [0, 0.05) is 41.9 Å². The van der Waals surface area contributed by atoms with Gasteiger partial charge in [-0.25, -0.2) is 0 Å². The van der Waals surface area contributed by atoms with Crippen molar-refractivity contribution in [1.82, 2.24) is 10.3 Å². The molecule has 1 atom stereocenters. The zero-order chi connectivity index (χ0) is 17.9. The third-order valence-electron chi connectivity index (χ3n) is 4.91. The Morgan fingerprint density at radius 3 is 2.58 bits per heavy atom. The van der Waals surface area contributed by atoms with Crippen molar-refractivity contribution in [2.75, 3.05) is 4.90 Å². The van der Waals surface area contributed by atoms with Crippen molar-refractivity contribution in [3.8, 4) is 0 Å². The van der Waals surface area contributed by atoms with Gasteiger partial charge in [-0.3, -0.25) is 0 Å². The summed E-state index contributed by atoms with van der Waals surface area (Å²) in [4.78, 5) is 5.64. The van der Waals surface area contributed by atoms with Gasteiger partial charge in [0.25, 0.3) is 0 Å². The van der Waals surface area contributed by atoms with E-state index < -0.39 is 0 Å². The van der Waals surface area contributed by atoms with Crippen molar-refractivity contribution in [3.63, 3.8) is 0 Å². The topological polar surface area (TPSA) is 57.1 Å². The molecule has 3 aromatic rings. The highest BCUT2D eigenvalue weighted by molar-refractivity contribution is 5.73. The predicted molar refractivity (Wildman–Crippen MR) is 107 cm³/mol. The fraction of sp³-hybridized carbons (Fsp3) is 0.182. The van der Waals surface area contributed by atoms with E-state index in [1.54, 1.807) is 0 Å². The van der Waals surface area contributed by atoms with Crippen molar-refractivity contribution >= 4 is 11.4 Å². The Morgan fingerprint density at radius 1 is 1.08 bits per heavy atom. The Bertz CT molecular complexity index is 893. The molecular weight excluding hydrogens is 320 g/mol. The van der Waals surface area contributed by atoms with Gasteiger partial charge in [0.1, 0.15) is 0 Å². The van der Waals surface area contributed by atoms with Crippen LogP contribution in [0.1, 0.15) is 35.3 Å². The van der Waals surface area contributed by atoms with Gasteiger partial charge in [-0.1, -0.05) is 42.5 Å². The van der Waals surface area contributed by atoms with Crippen molar-refractivity contribution in [3.05, 3.63) is 95.4 Å². The van der Waals surface area contributed by atoms with Crippen LogP contribution in [0.15, 0.2) is 73.1 Å². The van der Waals surface area contributed by atoms with Crippen LogP contribution >= 0.6 is 0 Å². The molecule has 0 amide bonds. The minimum Gasteiger partial charge on any atom is -0.377 e. The van der Waals surface area contributed by atoms with E-state index >= 15 is 0 Å². The maximum absolute atomic E-state index is 5.72. The Hall–Kier alpha value is -2.98. The number of benzene rings is 2. The summed E-state index contributed by atoms with van der Waals surface area (Å²) < 4.78 is 0. The summed E-state index contributed by atoms with van der Waals surface area (Å²) in [6.07, 6.45) is 4.21. The fourth-order valence-corrected chi connectivity index (χ4v) is 3.39. The number of nitrogens with two attached hydrogens (primary N) is 1. The summed E-state index contributed by atoms with van der Waals surface area (Å²) in [6, 6.07) is 21.3. The van der Waals surface area contributed by atoms with E-state index in [1.807, 2.05) is 12.3 Å². The van der Waals surface area contributed by atoms with E-state index in [4.69, 9.17) is 5.73 Å². The highest BCUT2D eigenvalue weighted by Gasteiger charge is 2.20. The first-order valence-corrected chi connectivity index (χ1v) is 9.00. The standard InChI is InChI=1S/C22H24N4/c1-16(18-5-3-2-4-6-18)25-22-15-26(14-21-20(22)11-12-24-21)19-9-7-17(13-23)8-10-19/h2-12,15-16,24-25H,13-14,23H2,1H3/t16-/m1/s1. The van der Waals surface area contributed by atoms with E-state index in [0.717, 1.165) is 23.5 Å². The largest absolute Gasteiger partial charge is 0.377 e. The molecular formula is C22H24N4. The zero-order valence-electron chi connectivity index (χ0n) is 14.9. The smallest absolute Gasteiger partial charge is 0.0634 e. The summed E-state index contributed by atoms with van der Waals surface area (Å²) in [7, 11) is 0. The van der Waals surface area contributed by atoms with Crippen LogP contribution in [-0.4, -0.2) is 4.98 Å². The van der Waals surface area contributed by atoms with Crippen LogP contribution < -0.4 is 16.0 Å². The molecule has 0 fully saturated rings. The molecule has 1 aliphatic heterocycles. The number of anilines is 1. The maximum Gasteiger partial charge on any atom is 0.0634 e. The van der Waals surface area contributed by atoms with Gasteiger partial charge in [-0.15, -0.1) is 0 Å². The summed E-state index contributed by atoms with van der Waals surface area (Å²) in [5.41, 5.74) is 12.9. The molecule has 26 heavy (non-hydrogen) atoms. The van der Waals surface area contributed by atoms with Crippen molar-refractivity contribution in [2.45, 2.75) is 26.1 Å². The number of aromatic nitrogens is 1. The normalized spacial score (nSPS) is 14.5. The average Bonchev–Trinajstić information content (AvgIpc) is 3.17. The van der Waals surface area contributed by atoms with Crippen LogP contribution in [0.2, 0.25) is 0 Å². The molecule has 2 heterocycles. The second kappa shape index (κ2) is 7.10. The van der Waals surface area contributed by atoms with E-state index in [2.05, 4.69) is 82.9 Å². The summed E-state index contributed by atoms with van der Waals surface area (Å²) in [6.45, 7) is 3.59. The van der Waals surface area contributed by atoms with E-state index in [0.29, 0.717) is 6.54 Å². The molecule has 4 N–H and O–H groups in total. The van der Waals surface area contributed by atoms with Crippen LogP contribution in [0.3, 0.4) is 0 Å². The van der Waals surface area contributed by atoms with Crippen molar-refractivity contribution in [1.29, 1.82) is 0 Å². The number of hydrogen-bond donors (Lipinski definition) is 3. The molecule has 2 aromatic carbocycles. The van der Waals surface area contributed by atoms with Crippen LogP contribution in [0.25, 0.3) is 5.70 Å². The third-order valence-corrected chi connectivity index (χ3v) is 4.91. The fourth-order valence-electron chi connectivity index (χ4n) is 3.39. The number of fused-ring (bicyclic) bond motifs is 1. The van der Waals surface area contributed by atoms with Crippen LogP contribution in [0.4, 0.5) is 5.69 Å². The van der Waals surface area contributed by atoms with Crippen molar-refractivity contribution < 1.29 is 0 Å². The van der Waals surface area contributed by atoms with Gasteiger partial charge < -0.3 is 20.9 Å². The van der Waals surface area contributed by atoms with Gasteiger partial charge >= 0.3 is 0 Å². The number of rotatable bonds is 5. The van der Waals surface area contributed by atoms with Gasteiger partial charge in [0.15, 0.2) is 0 Å². The SMILES string of the molecule is C[C@@H](NC1=CN(c2ccc(CN)cc2)Cc2[nH]ccc21)c1ccccc1. The second-order valence-corrected chi connectivity index (χ2v) is 6.69. The van der Waals surface area contributed by atoms with Crippen molar-refractivity contribution in [2.24, 2.45) is 5.73 Å². The molecule has 0 saturated carbocycles. The molecule has 4 heteroatoms. The lowest BCUT2D eigenvalue weighted by Gasteiger charge is -2.29. The first-order chi connectivity index (χ1) is 12.7. The highest BCUT2D eigenvalue weighted by atomic mass is 15.1. The number of nitrogens with zero attached hydrogens (tertiary/aromatic N) is 1. The lowest BCUT2D eigenvalue weighted by Crippen LogP contribution is -2.27. The molecule has 132 valence electrons. The Kier molecular flexibility index (Phi) is 4.50. The Labute approximate surface area is 154 Å². The average molecular weight is 344 g/mol. The number of hydrogen-bond acceptors (Lipinski definition) is 3. The molecule has 0 saturated heterocycles. The molecule has 0 unspecified atom stereocenters. The molecule has 0 spiro atoms. The van der Waals surface area contributed by atoms with Crippen LogP contribution in [-0.2, 0) is 13.1 Å². The summed E-state index contributed by atoms with van der Waals surface area (Å²) in [5.74, 6) is 0. The Balaban J connectivity index is 1.63. The lowest BCUT2D eigenvalue weighted by molar-refractivity contribution is 0.694. The van der Waals surface area contributed by atoms with Gasteiger partial charge in [-0.2, -0.15) is 0 Å². The van der Waals surface area contributed by atoms with E-state index in [1.165, 1.54) is 16.8 Å². The Morgan fingerprint density at radius 2 is 1.85 bits per heavy atom. The lowest BCUT2D eigenvalue weighted by atomic mass is 10.0. The molecule has 0 radical (unpaired) electrons. The molecule has 4 rings (SSSR count). The van der Waals surface area contributed by atoms with Crippen LogP contribution in [0, 0.1) is 0 Å². The third kappa shape index (κ3) is 3.24. The highest BCUT2D eigenvalue weighted by Crippen LogP contribution is 2.30. The molecule has 0 bridgehead atoms. The molecule has 1 aromatic heterocycles. The number of nitrogens with one attached hydrogen (secondary N) is 2. The quantitative estimate of drug-likeness (QED) is 0.652. The first kappa shape index (κ1) is 16.5. The molecule has 0 aliphatic carbocycles. The maximum atomic E-state index is 5.72. The van der Waals surface area contributed by atoms with E-state index in [-0.39, 0.29) is 6.04 Å². The minimum absolute atomic E-state index is 0.227. The number of aromatic amines is 1. The number of H-pyrrole nitrogens is 1. The van der Waals surface area contributed by atoms with Gasteiger partial charge in [-0.05, 0) is 36.2 Å². The van der Waals surface area contributed by atoms with Gasteiger partial charge in [0.05, 0.1) is 12.2 Å². The monoisotopic (exact) mass is 344 g/mol. The zero-order valence-corrected chi connectivity index (χ0v) is 14.9. The molecule has 1 aliphatic rings. The summed E-state index contributed by atoms with van der Waals surface area (Å²) >= 11 is 0. The van der Waals surface area contributed by atoms with Crippen LogP contribution in [0.5, 0.6) is 0 Å². The molecule has 4 nitrogen and oxygen atoms in total. The second-order valence-electron chi connectivity index (χ2n) is 6.69. The predicted octanol–water partition coefficient (Wildman–Crippen LogP) is 4.14.